The van der Waals surface area contributed by atoms with Gasteiger partial charge in [0, 0.05) is 6.61 Å². The number of carbonyl (C=O) groups excluding carboxylic acids is 1. The Morgan fingerprint density at radius 2 is 1.82 bits per heavy atom. The molecule has 0 aliphatic carbocycles. The van der Waals surface area contributed by atoms with Gasteiger partial charge >= 0.3 is 0 Å². The number of nitrogens with zero attached hydrogens (tertiary/aromatic N) is 2. The molecule has 0 atom stereocenters. The van der Waals surface area contributed by atoms with Gasteiger partial charge in [0.25, 0.3) is 0 Å². The molecule has 1 N–H and O–H groups in total. The van der Waals surface area contributed by atoms with Crippen LogP contribution in [0.2, 0.25) is 0 Å². The molecule has 0 unspecified atom stereocenters. The van der Waals surface area contributed by atoms with Crippen molar-refractivity contribution in [2.45, 2.75) is 20.4 Å². The number of aryl methyl sites for hydroxylation is 1. The van der Waals surface area contributed by atoms with Crippen LogP contribution >= 0.6 is 0 Å². The Hall–Kier alpha value is -2.34. The predicted octanol–water partition coefficient (Wildman–Crippen LogP) is 2.07. The smallest absolute Gasteiger partial charge is 0.168 e. The first-order chi connectivity index (χ1) is 10.6. The van der Waals surface area contributed by atoms with Gasteiger partial charge in [-0.25, -0.2) is 0 Å². The van der Waals surface area contributed by atoms with E-state index in [-0.39, 0.29) is 6.61 Å². The fraction of sp³-hybridized carbons (Fsp3) is 0.375. The number of rotatable bonds is 5. The number of aromatic nitrogens is 2. The van der Waals surface area contributed by atoms with Crippen molar-refractivity contribution in [3.63, 3.8) is 0 Å². The van der Waals surface area contributed by atoms with E-state index in [0.29, 0.717) is 23.7 Å². The number of carbonyl (C=O) groups is 1. The van der Waals surface area contributed by atoms with Crippen molar-refractivity contribution in [1.29, 1.82) is 0 Å². The van der Waals surface area contributed by atoms with Crippen LogP contribution in [0.15, 0.2) is 24.3 Å². The Kier molecular flexibility index (Phi) is 7.12. The summed E-state index contributed by atoms with van der Waals surface area (Å²) in [6.45, 7) is 4.21. The monoisotopic (exact) mass is 306 g/mol. The molecule has 1 aromatic carbocycles. The molecule has 6 nitrogen and oxygen atoms in total. The molecule has 0 aliphatic heterocycles. The third-order valence-electron chi connectivity index (χ3n) is 2.89. The van der Waals surface area contributed by atoms with E-state index < -0.39 is 0 Å². The number of benzene rings is 1. The van der Waals surface area contributed by atoms with E-state index in [2.05, 4.69) is 5.10 Å². The van der Waals surface area contributed by atoms with Crippen molar-refractivity contribution in [1.82, 2.24) is 9.78 Å². The quantitative estimate of drug-likeness (QED) is 0.856. The maximum absolute atomic E-state index is 11.0. The first-order valence-corrected chi connectivity index (χ1v) is 6.91. The molecule has 0 saturated heterocycles. The average molecular weight is 306 g/mol. The maximum Gasteiger partial charge on any atom is 0.168 e. The van der Waals surface area contributed by atoms with Crippen molar-refractivity contribution < 1.29 is 19.4 Å². The van der Waals surface area contributed by atoms with Crippen molar-refractivity contribution in [3.8, 4) is 11.5 Å². The zero-order valence-electron chi connectivity index (χ0n) is 13.4. The number of aliphatic hydroxyl groups excluding tert-OH is 1. The minimum Gasteiger partial charge on any atom is -0.496 e. The Morgan fingerprint density at radius 3 is 2.27 bits per heavy atom. The van der Waals surface area contributed by atoms with E-state index in [1.165, 1.54) is 0 Å². The van der Waals surface area contributed by atoms with Crippen LogP contribution in [0, 0.1) is 6.92 Å². The summed E-state index contributed by atoms with van der Waals surface area (Å²) in [6.07, 6.45) is 0.794. The van der Waals surface area contributed by atoms with Crippen molar-refractivity contribution in [2.75, 3.05) is 20.8 Å². The van der Waals surface area contributed by atoms with E-state index in [1.54, 1.807) is 31.9 Å². The van der Waals surface area contributed by atoms with E-state index >= 15 is 0 Å². The number of ether oxygens (including phenoxy) is 2. The molecule has 0 spiro atoms. The van der Waals surface area contributed by atoms with Gasteiger partial charge in [0.1, 0.15) is 17.2 Å². The lowest BCUT2D eigenvalue weighted by molar-refractivity contribution is 0.111. The number of methoxy groups -OCH3 is 2. The molecule has 2 aromatic rings. The molecule has 0 fully saturated rings. The molecule has 1 aromatic heterocycles. The summed E-state index contributed by atoms with van der Waals surface area (Å²) in [5.41, 5.74) is 2.19. The van der Waals surface area contributed by atoms with Gasteiger partial charge in [-0.2, -0.15) is 5.10 Å². The van der Waals surface area contributed by atoms with Gasteiger partial charge < -0.3 is 14.6 Å². The number of aldehydes is 1. The molecular formula is C16H22N2O4. The van der Waals surface area contributed by atoms with E-state index in [4.69, 9.17) is 14.6 Å². The van der Waals surface area contributed by atoms with Gasteiger partial charge in [-0.3, -0.25) is 9.48 Å². The molecule has 6 heteroatoms. The van der Waals surface area contributed by atoms with Crippen LogP contribution in [-0.2, 0) is 6.54 Å². The van der Waals surface area contributed by atoms with Crippen LogP contribution in [0.4, 0.5) is 0 Å². The highest BCUT2D eigenvalue weighted by atomic mass is 16.5. The molecule has 0 radical (unpaired) electrons. The van der Waals surface area contributed by atoms with Gasteiger partial charge in [0.15, 0.2) is 6.29 Å². The summed E-state index contributed by atoms with van der Waals surface area (Å²) in [5.74, 6) is 1.42. The van der Waals surface area contributed by atoms with Crippen LogP contribution in [0.3, 0.4) is 0 Å². The SMILES string of the molecule is CCO.COc1cccc(OC)c1Cn1nc(C)cc1C=O. The molecule has 1 heterocycles. The summed E-state index contributed by atoms with van der Waals surface area (Å²) in [6, 6.07) is 7.31. The minimum absolute atomic E-state index is 0.250. The van der Waals surface area contributed by atoms with E-state index in [1.807, 2.05) is 25.1 Å². The second kappa shape index (κ2) is 8.84. The first-order valence-electron chi connectivity index (χ1n) is 6.91. The van der Waals surface area contributed by atoms with Gasteiger partial charge in [0.05, 0.1) is 32.0 Å². The molecular weight excluding hydrogens is 284 g/mol. The third-order valence-corrected chi connectivity index (χ3v) is 2.89. The van der Waals surface area contributed by atoms with E-state index in [9.17, 15) is 4.79 Å². The zero-order valence-corrected chi connectivity index (χ0v) is 13.4. The largest absolute Gasteiger partial charge is 0.496 e. The Labute approximate surface area is 130 Å². The fourth-order valence-electron chi connectivity index (χ4n) is 2.02. The predicted molar refractivity (Wildman–Crippen MR) is 83.8 cm³/mol. The zero-order chi connectivity index (χ0) is 16.5. The number of hydrogen-bond acceptors (Lipinski definition) is 5. The molecule has 0 saturated carbocycles. The molecule has 0 aliphatic rings. The standard InChI is InChI=1S/C14H16N2O3.C2H6O/c1-10-7-11(9-17)16(15-10)8-12-13(18-2)5-4-6-14(12)19-3;1-2-3/h4-7,9H,8H2,1-3H3;3H,2H2,1H3. The first kappa shape index (κ1) is 17.7. The summed E-state index contributed by atoms with van der Waals surface area (Å²) >= 11 is 0. The van der Waals surface area contributed by atoms with Crippen molar-refractivity contribution in [3.05, 3.63) is 41.2 Å². The van der Waals surface area contributed by atoms with E-state index in [0.717, 1.165) is 17.5 Å². The fourth-order valence-corrected chi connectivity index (χ4v) is 2.02. The highest BCUT2D eigenvalue weighted by Gasteiger charge is 2.13. The van der Waals surface area contributed by atoms with Gasteiger partial charge in [-0.05, 0) is 32.0 Å². The van der Waals surface area contributed by atoms with Gasteiger partial charge in [-0.1, -0.05) is 6.07 Å². The Bertz CT molecular complexity index is 586. The molecule has 2 rings (SSSR count). The number of hydrogen-bond donors (Lipinski definition) is 1. The van der Waals surface area contributed by atoms with Crippen molar-refractivity contribution >= 4 is 6.29 Å². The summed E-state index contributed by atoms with van der Waals surface area (Å²) < 4.78 is 12.3. The van der Waals surface area contributed by atoms with Crippen LogP contribution in [0.1, 0.15) is 28.7 Å². The van der Waals surface area contributed by atoms with Gasteiger partial charge in [0.2, 0.25) is 0 Å². The molecule has 22 heavy (non-hydrogen) atoms. The average Bonchev–Trinajstić information content (AvgIpc) is 2.88. The second-order valence-electron chi connectivity index (χ2n) is 4.44. The summed E-state index contributed by atoms with van der Waals surface area (Å²) in [4.78, 5) is 11.0. The lowest BCUT2D eigenvalue weighted by Gasteiger charge is -2.13. The molecule has 120 valence electrons. The minimum atomic E-state index is 0.250. The lowest BCUT2D eigenvalue weighted by Crippen LogP contribution is -2.08. The highest BCUT2D eigenvalue weighted by Crippen LogP contribution is 2.29. The topological polar surface area (TPSA) is 73.6 Å². The Morgan fingerprint density at radius 1 is 1.27 bits per heavy atom. The van der Waals surface area contributed by atoms with Crippen LogP contribution in [0.5, 0.6) is 11.5 Å². The number of aliphatic hydroxyl groups is 1. The Balaban J connectivity index is 0.000000745. The molecule has 0 amide bonds. The summed E-state index contributed by atoms with van der Waals surface area (Å²) in [5, 5.41) is 11.9. The van der Waals surface area contributed by atoms with Gasteiger partial charge in [-0.15, -0.1) is 0 Å². The maximum atomic E-state index is 11.0. The van der Waals surface area contributed by atoms with Crippen LogP contribution in [-0.4, -0.2) is 42.0 Å². The normalized spacial score (nSPS) is 9.68. The lowest BCUT2D eigenvalue weighted by atomic mass is 10.1. The van der Waals surface area contributed by atoms with Crippen LogP contribution in [0.25, 0.3) is 0 Å². The van der Waals surface area contributed by atoms with Crippen LogP contribution < -0.4 is 9.47 Å². The third kappa shape index (κ3) is 4.33. The van der Waals surface area contributed by atoms with Crippen molar-refractivity contribution in [2.24, 2.45) is 0 Å². The molecule has 0 bridgehead atoms. The second-order valence-corrected chi connectivity index (χ2v) is 4.44. The summed E-state index contributed by atoms with van der Waals surface area (Å²) in [7, 11) is 3.21. The highest BCUT2D eigenvalue weighted by molar-refractivity contribution is 5.72.